The molecule has 1 aromatic carbocycles. The zero-order valence-electron chi connectivity index (χ0n) is 9.95. The highest BCUT2D eigenvalue weighted by molar-refractivity contribution is 5.54. The maximum atomic E-state index is 11.3. The molecule has 2 rings (SSSR count). The van der Waals surface area contributed by atoms with Gasteiger partial charge in [-0.15, -0.1) is 0 Å². The molecule has 0 aliphatic heterocycles. The molecule has 0 bridgehead atoms. The second-order valence-corrected chi connectivity index (χ2v) is 3.91. The summed E-state index contributed by atoms with van der Waals surface area (Å²) in [4.78, 5) is 18.2. The van der Waals surface area contributed by atoms with Gasteiger partial charge in [0.2, 0.25) is 5.95 Å². The van der Waals surface area contributed by atoms with Crippen LogP contribution in [0.1, 0.15) is 18.2 Å². The van der Waals surface area contributed by atoms with Crippen LogP contribution < -0.4 is 10.9 Å². The van der Waals surface area contributed by atoms with E-state index in [-0.39, 0.29) is 5.56 Å². The lowest BCUT2D eigenvalue weighted by molar-refractivity contribution is 1.07. The predicted octanol–water partition coefficient (Wildman–Crippen LogP) is 2.38. The lowest BCUT2D eigenvalue weighted by atomic mass is 10.1. The summed E-state index contributed by atoms with van der Waals surface area (Å²) >= 11 is 0. The van der Waals surface area contributed by atoms with E-state index in [1.54, 1.807) is 6.92 Å². The molecule has 4 heteroatoms. The minimum absolute atomic E-state index is 0.147. The van der Waals surface area contributed by atoms with Crippen LogP contribution in [0.25, 0.3) is 0 Å². The summed E-state index contributed by atoms with van der Waals surface area (Å²) in [6.45, 7) is 3.90. The smallest absolute Gasteiger partial charge is 0.252 e. The molecule has 0 saturated carbocycles. The molecule has 0 aliphatic rings. The first-order valence-corrected chi connectivity index (χ1v) is 5.61. The van der Waals surface area contributed by atoms with Crippen molar-refractivity contribution in [1.29, 1.82) is 0 Å². The van der Waals surface area contributed by atoms with Gasteiger partial charge < -0.3 is 5.32 Å². The fraction of sp³-hybridized carbons (Fsp3) is 0.231. The van der Waals surface area contributed by atoms with Crippen molar-refractivity contribution in [3.05, 3.63) is 51.9 Å². The van der Waals surface area contributed by atoms with Gasteiger partial charge in [-0.1, -0.05) is 19.1 Å². The number of hydrogen-bond acceptors (Lipinski definition) is 3. The highest BCUT2D eigenvalue weighted by atomic mass is 16.1. The fourth-order valence-electron chi connectivity index (χ4n) is 1.64. The first-order chi connectivity index (χ1) is 8.17. The molecule has 88 valence electrons. The second-order valence-electron chi connectivity index (χ2n) is 3.91. The Labute approximate surface area is 99.7 Å². The largest absolute Gasteiger partial charge is 0.326 e. The summed E-state index contributed by atoms with van der Waals surface area (Å²) in [6.07, 6.45) is 0.979. The van der Waals surface area contributed by atoms with E-state index in [0.29, 0.717) is 11.6 Å². The third kappa shape index (κ3) is 2.93. The number of nitrogens with one attached hydrogen (secondary N) is 2. The van der Waals surface area contributed by atoms with Crippen LogP contribution in [0.15, 0.2) is 35.1 Å². The molecule has 0 fully saturated rings. The van der Waals surface area contributed by atoms with Crippen LogP contribution in [0, 0.1) is 6.92 Å². The Morgan fingerprint density at radius 1 is 1.35 bits per heavy atom. The lowest BCUT2D eigenvalue weighted by Gasteiger charge is -2.06. The van der Waals surface area contributed by atoms with Gasteiger partial charge in [-0.2, -0.15) is 0 Å². The fourth-order valence-corrected chi connectivity index (χ4v) is 1.64. The minimum atomic E-state index is -0.147. The normalized spacial score (nSPS) is 10.2. The lowest BCUT2D eigenvalue weighted by Crippen LogP contribution is -2.10. The molecule has 17 heavy (non-hydrogen) atoms. The number of aromatic nitrogens is 2. The Kier molecular flexibility index (Phi) is 3.23. The zero-order chi connectivity index (χ0) is 12.3. The third-order valence-corrected chi connectivity index (χ3v) is 2.47. The highest BCUT2D eigenvalue weighted by Gasteiger charge is 1.99. The number of aryl methyl sites for hydroxylation is 2. The van der Waals surface area contributed by atoms with Gasteiger partial charge in [0.15, 0.2) is 0 Å². The standard InChI is InChI=1S/C13H15N3O/c1-3-10-5-4-6-11(8-10)15-13-14-9(2)7-12(17)16-13/h4-8H,3H2,1-2H3,(H2,14,15,16,17). The maximum Gasteiger partial charge on any atom is 0.252 e. The zero-order valence-corrected chi connectivity index (χ0v) is 9.95. The molecule has 0 spiro atoms. The van der Waals surface area contributed by atoms with E-state index in [1.807, 2.05) is 18.2 Å². The first kappa shape index (κ1) is 11.4. The van der Waals surface area contributed by atoms with Gasteiger partial charge in [0.1, 0.15) is 0 Å². The number of hydrogen-bond donors (Lipinski definition) is 2. The monoisotopic (exact) mass is 229 g/mol. The van der Waals surface area contributed by atoms with Gasteiger partial charge in [-0.3, -0.25) is 9.78 Å². The predicted molar refractivity (Wildman–Crippen MR) is 68.7 cm³/mol. The number of H-pyrrole nitrogens is 1. The van der Waals surface area contributed by atoms with E-state index < -0.39 is 0 Å². The average molecular weight is 229 g/mol. The number of anilines is 2. The summed E-state index contributed by atoms with van der Waals surface area (Å²) < 4.78 is 0. The van der Waals surface area contributed by atoms with Gasteiger partial charge in [0.25, 0.3) is 5.56 Å². The van der Waals surface area contributed by atoms with Crippen LogP contribution in [-0.4, -0.2) is 9.97 Å². The number of benzene rings is 1. The van der Waals surface area contributed by atoms with Gasteiger partial charge in [0, 0.05) is 17.4 Å². The first-order valence-electron chi connectivity index (χ1n) is 5.61. The third-order valence-electron chi connectivity index (χ3n) is 2.47. The SMILES string of the molecule is CCc1cccc(Nc2nc(C)cc(=O)[nH]2)c1. The molecule has 4 nitrogen and oxygen atoms in total. The van der Waals surface area contributed by atoms with Crippen LogP contribution in [0.2, 0.25) is 0 Å². The van der Waals surface area contributed by atoms with Crippen LogP contribution in [0.4, 0.5) is 11.6 Å². The molecule has 0 unspecified atom stereocenters. The summed E-state index contributed by atoms with van der Waals surface area (Å²) in [5, 5.41) is 3.09. The van der Waals surface area contributed by atoms with Crippen molar-refractivity contribution in [2.24, 2.45) is 0 Å². The number of aromatic amines is 1. The molecule has 2 N–H and O–H groups in total. The van der Waals surface area contributed by atoms with Crippen molar-refractivity contribution in [3.8, 4) is 0 Å². The molecule has 0 saturated heterocycles. The van der Waals surface area contributed by atoms with Crippen molar-refractivity contribution in [2.45, 2.75) is 20.3 Å². The summed E-state index contributed by atoms with van der Waals surface area (Å²) in [5.41, 5.74) is 2.72. The molecule has 0 atom stereocenters. The Hall–Kier alpha value is -2.10. The molecule has 0 amide bonds. The molecule has 0 aliphatic carbocycles. The van der Waals surface area contributed by atoms with Gasteiger partial charge >= 0.3 is 0 Å². The maximum absolute atomic E-state index is 11.3. The minimum Gasteiger partial charge on any atom is -0.326 e. The number of nitrogens with zero attached hydrogens (tertiary/aromatic N) is 1. The van der Waals surface area contributed by atoms with Crippen LogP contribution >= 0.6 is 0 Å². The topological polar surface area (TPSA) is 57.8 Å². The van der Waals surface area contributed by atoms with E-state index in [9.17, 15) is 4.79 Å². The quantitative estimate of drug-likeness (QED) is 0.849. The van der Waals surface area contributed by atoms with E-state index in [4.69, 9.17) is 0 Å². The molecule has 1 aromatic heterocycles. The van der Waals surface area contributed by atoms with Gasteiger partial charge in [-0.05, 0) is 31.0 Å². The van der Waals surface area contributed by atoms with Gasteiger partial charge in [0.05, 0.1) is 0 Å². The van der Waals surface area contributed by atoms with E-state index >= 15 is 0 Å². The summed E-state index contributed by atoms with van der Waals surface area (Å²) in [6, 6.07) is 9.50. The van der Waals surface area contributed by atoms with Crippen molar-refractivity contribution in [1.82, 2.24) is 9.97 Å². The molecular formula is C13H15N3O. The van der Waals surface area contributed by atoms with E-state index in [2.05, 4.69) is 28.3 Å². The molecule has 2 aromatic rings. The number of rotatable bonds is 3. The van der Waals surface area contributed by atoms with Gasteiger partial charge in [-0.25, -0.2) is 4.98 Å². The van der Waals surface area contributed by atoms with Crippen molar-refractivity contribution in [2.75, 3.05) is 5.32 Å². The Morgan fingerprint density at radius 3 is 2.88 bits per heavy atom. The molecule has 1 heterocycles. The summed E-state index contributed by atoms with van der Waals surface area (Å²) in [7, 11) is 0. The molecule has 0 radical (unpaired) electrons. The van der Waals surface area contributed by atoms with Crippen LogP contribution in [-0.2, 0) is 6.42 Å². The van der Waals surface area contributed by atoms with E-state index in [1.165, 1.54) is 11.6 Å². The van der Waals surface area contributed by atoms with Crippen LogP contribution in [0.5, 0.6) is 0 Å². The Balaban J connectivity index is 2.27. The Bertz CT molecular complexity index is 575. The van der Waals surface area contributed by atoms with Crippen LogP contribution in [0.3, 0.4) is 0 Å². The second kappa shape index (κ2) is 4.82. The Morgan fingerprint density at radius 2 is 2.18 bits per heavy atom. The van der Waals surface area contributed by atoms with Crippen molar-refractivity contribution in [3.63, 3.8) is 0 Å². The van der Waals surface area contributed by atoms with E-state index in [0.717, 1.165) is 12.1 Å². The highest BCUT2D eigenvalue weighted by Crippen LogP contribution is 2.14. The summed E-state index contributed by atoms with van der Waals surface area (Å²) in [5.74, 6) is 0.475. The van der Waals surface area contributed by atoms with Crippen molar-refractivity contribution < 1.29 is 0 Å². The molecular weight excluding hydrogens is 214 g/mol. The average Bonchev–Trinajstić information content (AvgIpc) is 2.28. The van der Waals surface area contributed by atoms with Crippen molar-refractivity contribution >= 4 is 11.6 Å².